The number of nitrogens with zero attached hydrogens (tertiary/aromatic N) is 1. The van der Waals surface area contributed by atoms with E-state index in [1.165, 1.54) is 6.20 Å². The zero-order valence-electron chi connectivity index (χ0n) is 10.8. The molecule has 0 aliphatic carbocycles. The number of hydrogen-bond acceptors (Lipinski definition) is 4. The fraction of sp³-hybridized carbons (Fsp3) is 0.286. The molecule has 1 heterocycles. The van der Waals surface area contributed by atoms with Crippen molar-refractivity contribution in [1.29, 1.82) is 0 Å². The number of methoxy groups -OCH3 is 1. The molecule has 0 aliphatic heterocycles. The van der Waals surface area contributed by atoms with Crippen LogP contribution in [0.3, 0.4) is 0 Å². The number of carbonyl (C=O) groups excluding carboxylic acids is 1. The Morgan fingerprint density at radius 1 is 1.38 bits per heavy atom. The van der Waals surface area contributed by atoms with Gasteiger partial charge in [0.15, 0.2) is 6.67 Å². The lowest BCUT2D eigenvalue weighted by Gasteiger charge is -2.01. The number of hydrogen-bond donors (Lipinski definition) is 1. The van der Waals surface area contributed by atoms with Crippen LogP contribution in [0, 0.1) is 0 Å². The highest BCUT2D eigenvalue weighted by Crippen LogP contribution is 2.19. The molecule has 1 aromatic heterocycles. The molecule has 0 bridgehead atoms. The van der Waals surface area contributed by atoms with Crippen molar-refractivity contribution in [2.45, 2.75) is 14.1 Å². The maximum absolute atomic E-state index is 12.0. The Morgan fingerprint density at radius 2 is 2.05 bits per heavy atom. The second kappa shape index (κ2) is 7.28. The van der Waals surface area contributed by atoms with Crippen LogP contribution in [0.4, 0.5) is 4.39 Å². The van der Waals surface area contributed by atoms with Crippen LogP contribution >= 0.6 is 0 Å². The van der Waals surface area contributed by atoms with Gasteiger partial charge in [0.25, 0.3) is 5.91 Å². The van der Waals surface area contributed by atoms with Gasteiger partial charge < -0.3 is 14.6 Å². The Balaban J connectivity index is 0.00000220. The normalized spacial score (nSPS) is 9.81. The average Bonchev–Trinajstić information content (AvgIpc) is 2.86. The number of amides is 1. The number of alkyl halides is 1. The third kappa shape index (κ3) is 3.95. The average molecular weight is 296 g/mol. The fourth-order valence-electron chi connectivity index (χ4n) is 1.63. The van der Waals surface area contributed by atoms with Gasteiger partial charge in [-0.05, 0) is 17.7 Å². The molecule has 114 valence electrons. The van der Waals surface area contributed by atoms with Gasteiger partial charge in [0.05, 0.1) is 18.9 Å². The largest absolute Gasteiger partial charge is 0.497 e. The smallest absolute Gasteiger partial charge is 0.365 e. The van der Waals surface area contributed by atoms with Crippen molar-refractivity contribution in [1.82, 2.24) is 10.1 Å². The molecule has 6 nitrogen and oxygen atoms in total. The standard InChI is InChI=1S/C13H13FN2O4.CH4/c1-19-10-4-2-9(3-5-10)11-7-16(20-13(11)18)8-15-12(17)6-14;/h2-5,7H,6,8H2,1H3,(H,15,17);1H4. The maximum Gasteiger partial charge on any atom is 0.365 e. The van der Waals surface area contributed by atoms with Crippen LogP contribution in [0.25, 0.3) is 11.1 Å². The second-order valence-corrected chi connectivity index (χ2v) is 3.96. The van der Waals surface area contributed by atoms with E-state index in [0.29, 0.717) is 16.9 Å². The summed E-state index contributed by atoms with van der Waals surface area (Å²) in [5, 5.41) is 2.26. The molecule has 7 heteroatoms. The molecule has 0 saturated carbocycles. The van der Waals surface area contributed by atoms with E-state index in [-0.39, 0.29) is 14.1 Å². The SMILES string of the molecule is C.COc1ccc(-c2cn(CNC(=O)CF)oc2=O)cc1. The van der Waals surface area contributed by atoms with Crippen LogP contribution in [0.1, 0.15) is 7.43 Å². The molecular weight excluding hydrogens is 279 g/mol. The number of benzene rings is 1. The Hall–Kier alpha value is -2.57. The lowest BCUT2D eigenvalue weighted by Crippen LogP contribution is -2.26. The van der Waals surface area contributed by atoms with Crippen molar-refractivity contribution in [3.05, 3.63) is 40.9 Å². The van der Waals surface area contributed by atoms with Crippen molar-refractivity contribution in [3.63, 3.8) is 0 Å². The van der Waals surface area contributed by atoms with Gasteiger partial charge in [-0.3, -0.25) is 4.79 Å². The first-order chi connectivity index (χ1) is 9.63. The summed E-state index contributed by atoms with van der Waals surface area (Å²) in [6.07, 6.45) is 1.45. The van der Waals surface area contributed by atoms with E-state index in [4.69, 9.17) is 9.26 Å². The molecule has 2 aromatic rings. The third-order valence-electron chi connectivity index (χ3n) is 2.65. The van der Waals surface area contributed by atoms with Crippen molar-refractivity contribution in [2.75, 3.05) is 13.8 Å². The van der Waals surface area contributed by atoms with E-state index < -0.39 is 18.2 Å². The molecule has 0 atom stereocenters. The fourth-order valence-corrected chi connectivity index (χ4v) is 1.63. The maximum atomic E-state index is 12.0. The van der Waals surface area contributed by atoms with E-state index >= 15 is 0 Å². The van der Waals surface area contributed by atoms with Crippen LogP contribution in [0.2, 0.25) is 0 Å². The molecule has 0 fully saturated rings. The summed E-state index contributed by atoms with van der Waals surface area (Å²) in [6.45, 7) is -1.22. The predicted octanol–water partition coefficient (Wildman–Crippen LogP) is 1.80. The summed E-state index contributed by atoms with van der Waals surface area (Å²) in [7, 11) is 1.55. The van der Waals surface area contributed by atoms with Gasteiger partial charge in [-0.1, -0.05) is 19.6 Å². The first-order valence-electron chi connectivity index (χ1n) is 5.82. The summed E-state index contributed by atoms with van der Waals surface area (Å²) in [4.78, 5) is 22.5. The van der Waals surface area contributed by atoms with Crippen LogP contribution in [0.15, 0.2) is 39.8 Å². The van der Waals surface area contributed by atoms with Crippen molar-refractivity contribution in [3.8, 4) is 16.9 Å². The summed E-state index contributed by atoms with van der Waals surface area (Å²) in [5.41, 5.74) is 0.474. The summed E-state index contributed by atoms with van der Waals surface area (Å²) in [5.74, 6) is -0.0971. The Labute approximate surface area is 121 Å². The summed E-state index contributed by atoms with van der Waals surface area (Å²) in [6, 6.07) is 6.87. The van der Waals surface area contributed by atoms with Gasteiger partial charge in [-0.2, -0.15) is 4.74 Å². The highest BCUT2D eigenvalue weighted by molar-refractivity contribution is 5.76. The van der Waals surface area contributed by atoms with Crippen molar-refractivity contribution in [2.24, 2.45) is 0 Å². The Bertz CT molecular complexity index is 646. The van der Waals surface area contributed by atoms with E-state index in [9.17, 15) is 14.0 Å². The van der Waals surface area contributed by atoms with Gasteiger partial charge in [0, 0.05) is 0 Å². The topological polar surface area (TPSA) is 73.5 Å². The van der Waals surface area contributed by atoms with Crippen molar-refractivity contribution >= 4 is 5.91 Å². The van der Waals surface area contributed by atoms with Gasteiger partial charge in [0.2, 0.25) is 0 Å². The molecule has 0 radical (unpaired) electrons. The van der Waals surface area contributed by atoms with Crippen LogP contribution in [-0.2, 0) is 11.5 Å². The van der Waals surface area contributed by atoms with E-state index in [1.807, 2.05) is 0 Å². The minimum absolute atomic E-state index is 0. The molecule has 0 unspecified atom stereocenters. The predicted molar refractivity (Wildman–Crippen MR) is 75.8 cm³/mol. The zero-order chi connectivity index (χ0) is 14.5. The van der Waals surface area contributed by atoms with Gasteiger partial charge >= 0.3 is 5.63 Å². The third-order valence-corrected chi connectivity index (χ3v) is 2.65. The number of rotatable bonds is 5. The lowest BCUT2D eigenvalue weighted by atomic mass is 10.1. The number of carbonyl (C=O) groups is 1. The highest BCUT2D eigenvalue weighted by Gasteiger charge is 2.10. The monoisotopic (exact) mass is 296 g/mol. The Morgan fingerprint density at radius 3 is 2.62 bits per heavy atom. The number of aromatic nitrogens is 1. The van der Waals surface area contributed by atoms with Crippen molar-refractivity contribution < 1.29 is 18.4 Å². The minimum atomic E-state index is -1.11. The van der Waals surface area contributed by atoms with Gasteiger partial charge in [0.1, 0.15) is 12.4 Å². The number of halogens is 1. The van der Waals surface area contributed by atoms with Crippen LogP contribution in [0.5, 0.6) is 5.75 Å². The number of nitrogens with one attached hydrogen (secondary N) is 1. The Kier molecular flexibility index (Phi) is 5.71. The minimum Gasteiger partial charge on any atom is -0.497 e. The van der Waals surface area contributed by atoms with Crippen LogP contribution in [-0.4, -0.2) is 24.4 Å². The molecule has 1 amide bonds. The van der Waals surface area contributed by atoms with Crippen LogP contribution < -0.4 is 15.7 Å². The summed E-state index contributed by atoms with van der Waals surface area (Å²) >= 11 is 0. The highest BCUT2D eigenvalue weighted by atomic mass is 19.1. The quantitative estimate of drug-likeness (QED) is 0.913. The zero-order valence-corrected chi connectivity index (χ0v) is 10.8. The van der Waals surface area contributed by atoms with E-state index in [0.717, 1.165) is 4.74 Å². The van der Waals surface area contributed by atoms with Gasteiger partial charge in [-0.25, -0.2) is 9.18 Å². The molecule has 0 aliphatic rings. The number of ether oxygens (including phenoxy) is 1. The molecule has 21 heavy (non-hydrogen) atoms. The first kappa shape index (κ1) is 16.5. The molecule has 2 rings (SSSR count). The van der Waals surface area contributed by atoms with Gasteiger partial charge in [-0.15, -0.1) is 0 Å². The first-order valence-corrected chi connectivity index (χ1v) is 5.82. The molecule has 0 saturated heterocycles. The molecule has 0 spiro atoms. The van der Waals surface area contributed by atoms with E-state index in [2.05, 4.69) is 5.32 Å². The summed E-state index contributed by atoms with van der Waals surface area (Å²) < 4.78 is 23.1. The molecule has 1 N–H and O–H groups in total. The molecule has 1 aromatic carbocycles. The van der Waals surface area contributed by atoms with E-state index in [1.54, 1.807) is 31.4 Å². The molecular formula is C14H17FN2O4. The second-order valence-electron chi connectivity index (χ2n) is 3.96. The lowest BCUT2D eigenvalue weighted by molar-refractivity contribution is -0.122.